The highest BCUT2D eigenvalue weighted by atomic mass is 16.5. The van der Waals surface area contributed by atoms with E-state index in [1.807, 2.05) is 25.1 Å². The number of benzene rings is 2. The van der Waals surface area contributed by atoms with Gasteiger partial charge in [-0.15, -0.1) is 0 Å². The number of H-pyrrole nitrogens is 1. The number of carbonyl (C=O) groups is 2. The van der Waals surface area contributed by atoms with E-state index in [0.717, 1.165) is 69.5 Å². The quantitative estimate of drug-likeness (QED) is 0.188. The van der Waals surface area contributed by atoms with E-state index in [4.69, 9.17) is 15.2 Å². The van der Waals surface area contributed by atoms with Crippen LogP contribution in [0, 0.1) is 5.41 Å². The van der Waals surface area contributed by atoms with Crippen LogP contribution in [0.1, 0.15) is 56.5 Å². The molecule has 2 atom stereocenters. The number of amides is 1. The number of hydrogen-bond acceptors (Lipinski definition) is 7. The molecule has 2 aromatic heterocycles. The summed E-state index contributed by atoms with van der Waals surface area (Å²) in [4.78, 5) is 32.3. The average molecular weight is 598 g/mol. The Morgan fingerprint density at radius 1 is 1.14 bits per heavy atom. The van der Waals surface area contributed by atoms with Crippen molar-refractivity contribution in [2.45, 2.75) is 58.6 Å². The molecule has 0 saturated carbocycles. The van der Waals surface area contributed by atoms with E-state index in [1.165, 1.54) is 0 Å². The largest absolute Gasteiger partial charge is 0.467 e. The first-order valence-corrected chi connectivity index (χ1v) is 15.3. The van der Waals surface area contributed by atoms with E-state index < -0.39 is 6.04 Å². The van der Waals surface area contributed by atoms with Crippen LogP contribution >= 0.6 is 0 Å². The van der Waals surface area contributed by atoms with Gasteiger partial charge in [-0.1, -0.05) is 44.2 Å². The fraction of sp³-hybridized carbons (Fsp3) is 0.400. The van der Waals surface area contributed by atoms with Gasteiger partial charge in [0.1, 0.15) is 0 Å². The summed E-state index contributed by atoms with van der Waals surface area (Å²) in [5.41, 5.74) is 17.3. The van der Waals surface area contributed by atoms with Crippen molar-refractivity contribution >= 4 is 23.3 Å². The molecule has 232 valence electrons. The second kappa shape index (κ2) is 13.7. The normalized spacial score (nSPS) is 15.2. The number of nitrogens with zero attached hydrogens (tertiary/aromatic N) is 2. The van der Waals surface area contributed by atoms with Crippen LogP contribution in [0.25, 0.3) is 33.3 Å². The van der Waals surface area contributed by atoms with E-state index in [0.29, 0.717) is 32.5 Å². The molecule has 1 amide bonds. The summed E-state index contributed by atoms with van der Waals surface area (Å²) >= 11 is 0. The fourth-order valence-corrected chi connectivity index (χ4v) is 5.99. The van der Waals surface area contributed by atoms with E-state index in [2.05, 4.69) is 65.6 Å². The van der Waals surface area contributed by atoms with E-state index in [1.54, 1.807) is 18.3 Å². The minimum absolute atomic E-state index is 0.0697. The number of nitrogens with one attached hydrogen (secondary N) is 2. The zero-order valence-electron chi connectivity index (χ0n) is 26.1. The van der Waals surface area contributed by atoms with Gasteiger partial charge in [-0.2, -0.15) is 0 Å². The Balaban J connectivity index is 1.52. The Morgan fingerprint density at radius 2 is 1.95 bits per heavy atom. The van der Waals surface area contributed by atoms with Crippen LogP contribution < -0.4 is 11.2 Å². The number of pyridine rings is 1. The molecule has 0 aliphatic carbocycles. The average Bonchev–Trinajstić information content (AvgIpc) is 3.40. The maximum Gasteiger partial charge on any atom is 0.293 e. The SMILES string of the molecule is CO[C@@H](C)c1ncccc1-c1[nH]c2ccc(-c3cccc(C[C@H](N)C(=O)N4CCCCN4)c3)cc2c1CC(C)(C)COC=O. The molecule has 0 radical (unpaired) electrons. The van der Waals surface area contributed by atoms with Crippen LogP contribution in [-0.4, -0.2) is 60.2 Å². The molecule has 1 aliphatic rings. The lowest BCUT2D eigenvalue weighted by molar-refractivity contribution is -0.137. The van der Waals surface area contributed by atoms with Crippen LogP contribution in [0.5, 0.6) is 0 Å². The van der Waals surface area contributed by atoms with Crippen molar-refractivity contribution in [2.75, 3.05) is 26.8 Å². The maximum atomic E-state index is 12.9. The molecule has 2 aromatic carbocycles. The zero-order valence-corrected chi connectivity index (χ0v) is 26.1. The second-order valence-electron chi connectivity index (χ2n) is 12.4. The third-order valence-electron chi connectivity index (χ3n) is 8.36. The lowest BCUT2D eigenvalue weighted by atomic mass is 9.84. The van der Waals surface area contributed by atoms with E-state index in [-0.39, 0.29) is 17.4 Å². The maximum absolute atomic E-state index is 12.9. The van der Waals surface area contributed by atoms with Crippen molar-refractivity contribution in [1.82, 2.24) is 20.4 Å². The zero-order chi connectivity index (χ0) is 31.3. The highest BCUT2D eigenvalue weighted by Gasteiger charge is 2.27. The Morgan fingerprint density at radius 3 is 2.70 bits per heavy atom. The van der Waals surface area contributed by atoms with Crippen LogP contribution in [0.2, 0.25) is 0 Å². The number of nitrogens with two attached hydrogens (primary N) is 1. The Bertz CT molecular complexity index is 1610. The molecule has 4 aromatic rings. The third kappa shape index (κ3) is 7.01. The van der Waals surface area contributed by atoms with E-state index >= 15 is 0 Å². The van der Waals surface area contributed by atoms with Gasteiger partial charge in [-0.25, -0.2) is 5.43 Å². The molecular formula is C35H43N5O4. The number of fused-ring (bicyclic) bond motifs is 1. The van der Waals surface area contributed by atoms with Gasteiger partial charge in [-0.3, -0.25) is 19.6 Å². The van der Waals surface area contributed by atoms with Gasteiger partial charge in [0.15, 0.2) is 0 Å². The molecule has 4 N–H and O–H groups in total. The van der Waals surface area contributed by atoms with E-state index in [9.17, 15) is 9.59 Å². The fourth-order valence-electron chi connectivity index (χ4n) is 5.99. The van der Waals surface area contributed by atoms with Crippen molar-refractivity contribution in [3.63, 3.8) is 0 Å². The monoisotopic (exact) mass is 597 g/mol. The predicted molar refractivity (Wildman–Crippen MR) is 173 cm³/mol. The number of aromatic amines is 1. The number of carbonyl (C=O) groups excluding carboxylic acids is 2. The topological polar surface area (TPSA) is 123 Å². The molecule has 0 unspecified atom stereocenters. The lowest BCUT2D eigenvalue weighted by Crippen LogP contribution is -2.53. The lowest BCUT2D eigenvalue weighted by Gasteiger charge is -2.29. The van der Waals surface area contributed by atoms with Gasteiger partial charge in [0.05, 0.1) is 30.1 Å². The molecule has 0 spiro atoms. The molecule has 1 fully saturated rings. The number of aromatic nitrogens is 2. The first-order valence-electron chi connectivity index (χ1n) is 15.3. The molecule has 1 saturated heterocycles. The third-order valence-corrected chi connectivity index (χ3v) is 8.36. The van der Waals surface area contributed by atoms with Crippen molar-refractivity contribution in [2.24, 2.45) is 11.1 Å². The number of hydrazine groups is 1. The van der Waals surface area contributed by atoms with Gasteiger partial charge in [0.25, 0.3) is 12.4 Å². The van der Waals surface area contributed by atoms with Crippen LogP contribution in [0.15, 0.2) is 60.8 Å². The molecule has 1 aliphatic heterocycles. The summed E-state index contributed by atoms with van der Waals surface area (Å²) in [6, 6.07) is 18.0. The molecular weight excluding hydrogens is 554 g/mol. The van der Waals surface area contributed by atoms with Crippen LogP contribution in [-0.2, 0) is 31.9 Å². The summed E-state index contributed by atoms with van der Waals surface area (Å²) in [6.07, 6.45) is 4.76. The first kappa shape index (κ1) is 31.4. The predicted octanol–water partition coefficient (Wildman–Crippen LogP) is 5.34. The van der Waals surface area contributed by atoms with Gasteiger partial charge < -0.3 is 20.2 Å². The van der Waals surface area contributed by atoms with Gasteiger partial charge in [-0.05, 0) is 79.1 Å². The second-order valence-corrected chi connectivity index (χ2v) is 12.4. The van der Waals surface area contributed by atoms with Crippen LogP contribution in [0.3, 0.4) is 0 Å². The molecule has 0 bridgehead atoms. The van der Waals surface area contributed by atoms with Crippen molar-refractivity contribution in [3.05, 3.63) is 77.6 Å². The molecule has 9 heteroatoms. The van der Waals surface area contributed by atoms with Crippen molar-refractivity contribution < 1.29 is 19.1 Å². The Labute approximate surface area is 259 Å². The summed E-state index contributed by atoms with van der Waals surface area (Å²) in [5, 5.41) is 2.75. The number of methoxy groups -OCH3 is 1. The van der Waals surface area contributed by atoms with Crippen LogP contribution in [0.4, 0.5) is 0 Å². The molecule has 9 nitrogen and oxygen atoms in total. The van der Waals surface area contributed by atoms with Crippen molar-refractivity contribution in [3.8, 4) is 22.4 Å². The Kier molecular flexibility index (Phi) is 9.78. The smallest absolute Gasteiger partial charge is 0.293 e. The number of ether oxygens (including phenoxy) is 2. The summed E-state index contributed by atoms with van der Waals surface area (Å²) in [7, 11) is 1.68. The standard InChI is InChI=1S/C35H43N5O4/c1-23(43-4)32-27(11-8-14-37-32)33-29(20-35(2,3)21-44-22-41)28-19-26(12-13-31(28)39-33)25-10-7-9-24(17-25)18-30(36)34(42)40-16-6-5-15-38-40/h7-14,17,19,22-23,30,38-39H,5-6,15-16,18,20-21,36H2,1-4H3/t23-,30-/m0/s1. The van der Waals surface area contributed by atoms with Gasteiger partial charge in [0, 0.05) is 48.3 Å². The summed E-state index contributed by atoms with van der Waals surface area (Å²) in [5.74, 6) is -0.0697. The van der Waals surface area contributed by atoms with Gasteiger partial charge >= 0.3 is 0 Å². The molecule has 3 heterocycles. The summed E-state index contributed by atoms with van der Waals surface area (Å²) < 4.78 is 10.9. The molecule has 44 heavy (non-hydrogen) atoms. The molecule has 5 rings (SSSR count). The summed E-state index contributed by atoms with van der Waals surface area (Å²) in [6.45, 7) is 8.47. The minimum Gasteiger partial charge on any atom is -0.467 e. The number of hydrogen-bond donors (Lipinski definition) is 3. The Hall–Kier alpha value is -4.05. The highest BCUT2D eigenvalue weighted by molar-refractivity contribution is 5.94. The highest BCUT2D eigenvalue weighted by Crippen LogP contribution is 2.39. The number of rotatable bonds is 12. The van der Waals surface area contributed by atoms with Gasteiger partial charge in [0.2, 0.25) is 0 Å². The van der Waals surface area contributed by atoms with Crippen molar-refractivity contribution in [1.29, 1.82) is 0 Å². The minimum atomic E-state index is -0.615. The first-order chi connectivity index (χ1) is 21.2.